The third-order valence-electron chi connectivity index (χ3n) is 6.45. The second-order valence-corrected chi connectivity index (χ2v) is 11.3. The lowest BCUT2D eigenvalue weighted by atomic mass is 9.85. The lowest BCUT2D eigenvalue weighted by Gasteiger charge is -2.32. The number of nitrogens with zero attached hydrogens (tertiary/aromatic N) is 3. The van der Waals surface area contributed by atoms with E-state index in [0.29, 0.717) is 17.5 Å². The summed E-state index contributed by atoms with van der Waals surface area (Å²) in [6.45, 7) is -0.897. The average Bonchev–Trinajstić information content (AvgIpc) is 3.32. The zero-order chi connectivity index (χ0) is 25.8. The molecule has 0 radical (unpaired) electrons. The van der Waals surface area contributed by atoms with Crippen LogP contribution in [0.5, 0.6) is 0 Å². The van der Waals surface area contributed by atoms with Gasteiger partial charge in [-0.05, 0) is 37.8 Å². The largest absolute Gasteiger partial charge is 0.420 e. The molecule has 192 valence electrons. The molecule has 2 saturated carbocycles. The van der Waals surface area contributed by atoms with Crippen molar-refractivity contribution in [1.29, 1.82) is 4.78 Å². The van der Waals surface area contributed by atoms with Crippen LogP contribution in [-0.2, 0) is 22.5 Å². The molecule has 0 unspecified atom stereocenters. The molecule has 2 aliphatic rings. The van der Waals surface area contributed by atoms with Gasteiger partial charge in [0.05, 0.1) is 27.4 Å². The SMILES string of the molecule is C[S@@](=N)(=O)c1cc(NC(=O)c2c(C(F)(F)F)c(C3CC3)nn2CC2(C(F)(F)F)CCCC2)ccn1. The Balaban J connectivity index is 1.81. The predicted octanol–water partition coefficient (Wildman–Crippen LogP) is 5.58. The number of hydrogen-bond donors (Lipinski definition) is 2. The number of alkyl halides is 6. The zero-order valence-electron chi connectivity index (χ0n) is 18.6. The summed E-state index contributed by atoms with van der Waals surface area (Å²) in [7, 11) is -3.29. The van der Waals surface area contributed by atoms with Crippen LogP contribution in [0.15, 0.2) is 23.4 Å². The molecule has 0 spiro atoms. The third kappa shape index (κ3) is 5.02. The number of carbonyl (C=O) groups is 1. The minimum absolute atomic E-state index is 0.0953. The number of hydrogen-bond acceptors (Lipinski definition) is 5. The molecule has 2 aromatic heterocycles. The van der Waals surface area contributed by atoms with Gasteiger partial charge in [0, 0.05) is 24.1 Å². The Labute approximate surface area is 197 Å². The summed E-state index contributed by atoms with van der Waals surface area (Å²) in [4.78, 5) is 16.9. The molecule has 7 nitrogen and oxygen atoms in total. The Morgan fingerprint density at radius 1 is 1.23 bits per heavy atom. The number of pyridine rings is 1. The molecule has 2 heterocycles. The van der Waals surface area contributed by atoms with Crippen LogP contribution in [0.25, 0.3) is 0 Å². The predicted molar refractivity (Wildman–Crippen MR) is 113 cm³/mol. The van der Waals surface area contributed by atoms with Gasteiger partial charge in [-0.3, -0.25) is 9.48 Å². The van der Waals surface area contributed by atoms with E-state index in [0.717, 1.165) is 18.5 Å². The number of halogens is 6. The quantitative estimate of drug-likeness (QED) is 0.483. The number of aromatic nitrogens is 3. The summed E-state index contributed by atoms with van der Waals surface area (Å²) in [5.41, 5.74) is -5.11. The Morgan fingerprint density at radius 3 is 2.37 bits per heavy atom. The number of nitrogens with one attached hydrogen (secondary N) is 2. The van der Waals surface area contributed by atoms with E-state index in [9.17, 15) is 35.3 Å². The van der Waals surface area contributed by atoms with Crippen LogP contribution in [-0.4, -0.2) is 37.3 Å². The summed E-state index contributed by atoms with van der Waals surface area (Å²) < 4.78 is 105. The molecule has 1 atom stereocenters. The summed E-state index contributed by atoms with van der Waals surface area (Å²) in [5, 5.41) is 5.96. The van der Waals surface area contributed by atoms with Crippen molar-refractivity contribution in [3.05, 3.63) is 35.3 Å². The molecule has 2 aliphatic carbocycles. The van der Waals surface area contributed by atoms with Crippen LogP contribution >= 0.6 is 0 Å². The number of rotatable bonds is 6. The van der Waals surface area contributed by atoms with E-state index in [4.69, 9.17) is 4.78 Å². The monoisotopic (exact) mass is 523 g/mol. The first kappa shape index (κ1) is 25.5. The second-order valence-electron chi connectivity index (χ2n) is 9.20. The van der Waals surface area contributed by atoms with Gasteiger partial charge in [-0.15, -0.1) is 0 Å². The second kappa shape index (κ2) is 8.49. The highest BCUT2D eigenvalue weighted by atomic mass is 32.2. The Morgan fingerprint density at radius 2 is 1.86 bits per heavy atom. The van der Waals surface area contributed by atoms with Crippen molar-refractivity contribution < 1.29 is 35.3 Å². The first-order valence-corrected chi connectivity index (χ1v) is 12.8. The summed E-state index contributed by atoms with van der Waals surface area (Å²) >= 11 is 0. The highest BCUT2D eigenvalue weighted by molar-refractivity contribution is 7.91. The lowest BCUT2D eigenvalue weighted by Crippen LogP contribution is -2.40. The van der Waals surface area contributed by atoms with Gasteiger partial charge >= 0.3 is 12.4 Å². The third-order valence-corrected chi connectivity index (χ3v) is 7.47. The van der Waals surface area contributed by atoms with E-state index in [2.05, 4.69) is 15.4 Å². The van der Waals surface area contributed by atoms with Crippen LogP contribution in [0.2, 0.25) is 0 Å². The minimum Gasteiger partial charge on any atom is -0.320 e. The molecular weight excluding hydrogens is 500 g/mol. The number of anilines is 1. The van der Waals surface area contributed by atoms with Gasteiger partial charge in [0.15, 0.2) is 0 Å². The Bertz CT molecular complexity index is 1240. The van der Waals surface area contributed by atoms with E-state index < -0.39 is 62.8 Å². The van der Waals surface area contributed by atoms with Gasteiger partial charge in [-0.1, -0.05) is 12.8 Å². The van der Waals surface area contributed by atoms with Crippen molar-refractivity contribution >= 4 is 21.3 Å². The van der Waals surface area contributed by atoms with Crippen LogP contribution in [0.1, 0.15) is 66.2 Å². The molecule has 0 bridgehead atoms. The summed E-state index contributed by atoms with van der Waals surface area (Å²) in [6.07, 6.45) is -6.70. The molecule has 0 aliphatic heterocycles. The molecule has 4 rings (SSSR count). The van der Waals surface area contributed by atoms with Crippen molar-refractivity contribution in [2.75, 3.05) is 11.6 Å². The molecule has 2 fully saturated rings. The van der Waals surface area contributed by atoms with Gasteiger partial charge in [-0.25, -0.2) is 14.0 Å². The first-order valence-electron chi connectivity index (χ1n) is 10.9. The summed E-state index contributed by atoms with van der Waals surface area (Å²) in [5.74, 6) is -1.87. The fourth-order valence-electron chi connectivity index (χ4n) is 4.51. The maximum atomic E-state index is 14.1. The van der Waals surface area contributed by atoms with E-state index in [1.165, 1.54) is 6.07 Å². The van der Waals surface area contributed by atoms with Crippen molar-refractivity contribution in [2.24, 2.45) is 5.41 Å². The van der Waals surface area contributed by atoms with Crippen LogP contribution in [0.3, 0.4) is 0 Å². The minimum atomic E-state index is -5.02. The number of carbonyl (C=O) groups excluding carboxylic acids is 1. The molecule has 0 saturated heterocycles. The average molecular weight is 524 g/mol. The fraction of sp³-hybridized carbons (Fsp3) is 0.571. The van der Waals surface area contributed by atoms with Crippen molar-refractivity contribution in [3.63, 3.8) is 0 Å². The maximum Gasteiger partial charge on any atom is 0.420 e. The standard InChI is InChI=1S/C21H23F6N5O2S/c1-35(28,34)14-10-13(6-9-29-14)30-18(33)17-15(20(22,23)24)16(12-4-5-12)31-32(17)11-19(21(25,26)27)7-2-3-8-19/h6,9-10,12,28H,2-5,7-8,11H2,1H3,(H,29,30,33)/t35-/m1/s1. The molecule has 0 aromatic carbocycles. The topological polar surface area (TPSA) is 101 Å². The van der Waals surface area contributed by atoms with Gasteiger partial charge in [0.1, 0.15) is 16.3 Å². The molecule has 2 N–H and O–H groups in total. The first-order chi connectivity index (χ1) is 16.1. The molecule has 35 heavy (non-hydrogen) atoms. The van der Waals surface area contributed by atoms with Crippen LogP contribution < -0.4 is 5.32 Å². The highest BCUT2D eigenvalue weighted by Gasteiger charge is 2.57. The molecule has 1 amide bonds. The van der Waals surface area contributed by atoms with E-state index in [1.54, 1.807) is 0 Å². The van der Waals surface area contributed by atoms with Crippen LogP contribution in [0, 0.1) is 10.2 Å². The maximum absolute atomic E-state index is 14.1. The van der Waals surface area contributed by atoms with E-state index in [-0.39, 0.29) is 36.4 Å². The van der Waals surface area contributed by atoms with Gasteiger partial charge in [-0.2, -0.15) is 31.4 Å². The molecule has 2 aromatic rings. The van der Waals surface area contributed by atoms with Crippen molar-refractivity contribution in [3.8, 4) is 0 Å². The van der Waals surface area contributed by atoms with Crippen LogP contribution in [0.4, 0.5) is 32.0 Å². The van der Waals surface area contributed by atoms with E-state index >= 15 is 0 Å². The zero-order valence-corrected chi connectivity index (χ0v) is 19.4. The highest BCUT2D eigenvalue weighted by Crippen LogP contribution is 2.53. The van der Waals surface area contributed by atoms with Gasteiger partial charge < -0.3 is 5.32 Å². The fourth-order valence-corrected chi connectivity index (χ4v) is 5.12. The lowest BCUT2D eigenvalue weighted by molar-refractivity contribution is -0.228. The summed E-state index contributed by atoms with van der Waals surface area (Å²) in [6, 6.07) is 2.30. The Hall–Kier alpha value is -2.64. The smallest absolute Gasteiger partial charge is 0.320 e. The van der Waals surface area contributed by atoms with Crippen molar-refractivity contribution in [1.82, 2.24) is 14.8 Å². The molecular formula is C21H23F6N5O2S. The van der Waals surface area contributed by atoms with Crippen molar-refractivity contribution in [2.45, 2.75) is 68.4 Å². The van der Waals surface area contributed by atoms with Gasteiger partial charge in [0.2, 0.25) is 0 Å². The number of amides is 1. The van der Waals surface area contributed by atoms with E-state index in [1.807, 2.05) is 0 Å². The Kier molecular flexibility index (Phi) is 6.17. The van der Waals surface area contributed by atoms with Gasteiger partial charge in [0.25, 0.3) is 5.91 Å². The normalized spacial score (nSPS) is 20.0. The molecule has 14 heteroatoms.